The van der Waals surface area contributed by atoms with Crippen molar-refractivity contribution in [2.24, 2.45) is 11.3 Å². The van der Waals surface area contributed by atoms with E-state index >= 15 is 0 Å². The fourth-order valence-electron chi connectivity index (χ4n) is 2.52. The topological polar surface area (TPSA) is 66.4 Å². The Morgan fingerprint density at radius 2 is 1.92 bits per heavy atom. The highest BCUT2D eigenvalue weighted by molar-refractivity contribution is 6.02. The van der Waals surface area contributed by atoms with E-state index in [1.54, 1.807) is 0 Å². The molecule has 4 heteroatoms. The van der Waals surface area contributed by atoms with Crippen LogP contribution in [0, 0.1) is 23.2 Å². The van der Waals surface area contributed by atoms with Crippen molar-refractivity contribution in [2.45, 2.75) is 27.2 Å². The second kappa shape index (κ2) is 7.85. The van der Waals surface area contributed by atoms with E-state index in [1.165, 1.54) is 0 Å². The van der Waals surface area contributed by atoms with E-state index in [4.69, 9.17) is 5.11 Å². The molecule has 0 bridgehead atoms. The van der Waals surface area contributed by atoms with Crippen LogP contribution in [0.4, 0.5) is 4.79 Å². The molecular weight excluding hydrogens is 314 g/mol. The van der Waals surface area contributed by atoms with Gasteiger partial charge in [0.05, 0.1) is 0 Å². The third kappa shape index (κ3) is 5.36. The van der Waals surface area contributed by atoms with E-state index in [2.05, 4.69) is 37.9 Å². The van der Waals surface area contributed by atoms with E-state index in [0.29, 0.717) is 12.0 Å². The van der Waals surface area contributed by atoms with Crippen molar-refractivity contribution < 1.29 is 14.7 Å². The van der Waals surface area contributed by atoms with Crippen LogP contribution in [0.15, 0.2) is 53.6 Å². The van der Waals surface area contributed by atoms with Gasteiger partial charge in [-0.15, -0.1) is 0 Å². The molecular formula is C21H23NO3. The normalized spacial score (nSPS) is 17.1. The summed E-state index contributed by atoms with van der Waals surface area (Å²) in [5.41, 5.74) is 2.42. The Morgan fingerprint density at radius 1 is 1.24 bits per heavy atom. The highest BCUT2D eigenvalue weighted by Crippen LogP contribution is 2.33. The minimum Gasteiger partial charge on any atom is -0.465 e. The minimum atomic E-state index is -1.09. The molecule has 2 rings (SSSR count). The van der Waals surface area contributed by atoms with Crippen LogP contribution in [0.3, 0.4) is 0 Å². The maximum Gasteiger partial charge on any atom is 0.404 e. The lowest BCUT2D eigenvalue weighted by atomic mass is 9.77. The average Bonchev–Trinajstić information content (AvgIpc) is 2.55. The number of hydrogen-bond donors (Lipinski definition) is 2. The zero-order chi connectivity index (χ0) is 18.4. The quantitative estimate of drug-likeness (QED) is 0.825. The fourth-order valence-corrected chi connectivity index (χ4v) is 2.52. The summed E-state index contributed by atoms with van der Waals surface area (Å²) in [6.45, 7) is 6.46. The van der Waals surface area contributed by atoms with Crippen molar-refractivity contribution in [1.29, 1.82) is 0 Å². The molecule has 0 saturated carbocycles. The molecule has 1 aliphatic carbocycles. The predicted octanol–water partition coefficient (Wildman–Crippen LogP) is 3.79. The second-order valence-corrected chi connectivity index (χ2v) is 7.00. The maximum atomic E-state index is 12.7. The number of allylic oxidation sites excluding steroid dienone is 3. The van der Waals surface area contributed by atoms with Gasteiger partial charge in [0, 0.05) is 12.1 Å². The van der Waals surface area contributed by atoms with E-state index in [1.807, 2.05) is 42.5 Å². The van der Waals surface area contributed by atoms with Crippen LogP contribution < -0.4 is 5.32 Å². The van der Waals surface area contributed by atoms with Crippen molar-refractivity contribution in [2.75, 3.05) is 6.54 Å². The van der Waals surface area contributed by atoms with Crippen molar-refractivity contribution in [3.63, 3.8) is 0 Å². The molecule has 0 aliphatic heterocycles. The van der Waals surface area contributed by atoms with Gasteiger partial charge in [-0.1, -0.05) is 63.0 Å². The summed E-state index contributed by atoms with van der Waals surface area (Å²) < 4.78 is 0. The van der Waals surface area contributed by atoms with E-state index in [9.17, 15) is 9.59 Å². The lowest BCUT2D eigenvalue weighted by Crippen LogP contribution is -2.26. The molecule has 0 radical (unpaired) electrons. The molecule has 0 aromatic heterocycles. The standard InChI is InChI=1S/C21H23NO3/c1-21(2,3)18-13-16(10-9-15-7-5-4-6-8-15)19(23)17(14-18)11-12-22-20(24)25/h4-8,13-14,16,22H,11-12H2,1-3H3,(H,24,25). The van der Waals surface area contributed by atoms with Gasteiger partial charge in [0.1, 0.15) is 5.92 Å². The van der Waals surface area contributed by atoms with Gasteiger partial charge in [0.15, 0.2) is 5.78 Å². The van der Waals surface area contributed by atoms with Crippen LogP contribution in [-0.2, 0) is 4.79 Å². The summed E-state index contributed by atoms with van der Waals surface area (Å²) >= 11 is 0. The molecule has 0 heterocycles. The third-order valence-electron chi connectivity index (χ3n) is 3.96. The van der Waals surface area contributed by atoms with Gasteiger partial charge in [-0.25, -0.2) is 4.79 Å². The van der Waals surface area contributed by atoms with Crippen LogP contribution in [0.1, 0.15) is 32.8 Å². The molecule has 4 nitrogen and oxygen atoms in total. The molecule has 0 spiro atoms. The van der Waals surface area contributed by atoms with Crippen LogP contribution in [0.25, 0.3) is 0 Å². The Labute approximate surface area is 148 Å². The number of carbonyl (C=O) groups excluding carboxylic acids is 1. The Bertz CT molecular complexity index is 771. The summed E-state index contributed by atoms with van der Waals surface area (Å²) in [6.07, 6.45) is 3.08. The van der Waals surface area contributed by atoms with Gasteiger partial charge >= 0.3 is 6.09 Å². The summed E-state index contributed by atoms with van der Waals surface area (Å²) in [6, 6.07) is 9.55. The molecule has 130 valence electrons. The molecule has 1 aromatic rings. The SMILES string of the molecule is CC(C)(C)C1=CC(C#Cc2ccccc2)C(=O)C(CCNC(=O)O)=C1. The summed E-state index contributed by atoms with van der Waals surface area (Å²) in [4.78, 5) is 23.3. The highest BCUT2D eigenvalue weighted by Gasteiger charge is 2.27. The molecule has 0 fully saturated rings. The van der Waals surface area contributed by atoms with Crippen LogP contribution in [0.2, 0.25) is 0 Å². The first kappa shape index (κ1) is 18.5. The number of ketones is 1. The first-order valence-electron chi connectivity index (χ1n) is 8.28. The largest absolute Gasteiger partial charge is 0.465 e. The van der Waals surface area contributed by atoms with Crippen molar-refractivity contribution >= 4 is 11.9 Å². The first-order valence-corrected chi connectivity index (χ1v) is 8.28. The van der Waals surface area contributed by atoms with Crippen LogP contribution >= 0.6 is 0 Å². The number of amides is 1. The number of benzene rings is 1. The predicted molar refractivity (Wildman–Crippen MR) is 98.1 cm³/mol. The van der Waals surface area contributed by atoms with Gasteiger partial charge in [-0.05, 0) is 35.1 Å². The molecule has 2 N–H and O–H groups in total. The molecule has 1 unspecified atom stereocenters. The Kier molecular flexibility index (Phi) is 5.82. The third-order valence-corrected chi connectivity index (χ3v) is 3.96. The van der Waals surface area contributed by atoms with Gasteiger partial charge in [0.25, 0.3) is 0 Å². The molecule has 1 atom stereocenters. The van der Waals surface area contributed by atoms with Gasteiger partial charge < -0.3 is 10.4 Å². The van der Waals surface area contributed by atoms with Gasteiger partial charge in [0.2, 0.25) is 0 Å². The van der Waals surface area contributed by atoms with E-state index < -0.39 is 12.0 Å². The van der Waals surface area contributed by atoms with Gasteiger partial charge in [-0.3, -0.25) is 4.79 Å². The number of carboxylic acid groups (broad SMARTS) is 1. The Balaban J connectivity index is 2.26. The highest BCUT2D eigenvalue weighted by atomic mass is 16.4. The number of Topliss-reactive ketones (excluding diaryl/α,β-unsaturated/α-hetero) is 1. The average molecular weight is 337 g/mol. The number of hydrogen-bond acceptors (Lipinski definition) is 2. The molecule has 1 aromatic carbocycles. The van der Waals surface area contributed by atoms with E-state index in [0.717, 1.165) is 11.1 Å². The van der Waals surface area contributed by atoms with E-state index in [-0.39, 0.29) is 17.7 Å². The zero-order valence-electron chi connectivity index (χ0n) is 14.8. The van der Waals surface area contributed by atoms with Gasteiger partial charge in [-0.2, -0.15) is 0 Å². The molecule has 1 aliphatic rings. The van der Waals surface area contributed by atoms with Crippen molar-refractivity contribution in [3.8, 4) is 11.8 Å². The lowest BCUT2D eigenvalue weighted by Gasteiger charge is -2.26. The Hall–Kier alpha value is -2.80. The second-order valence-electron chi connectivity index (χ2n) is 7.00. The van der Waals surface area contributed by atoms with Crippen LogP contribution in [-0.4, -0.2) is 23.5 Å². The Morgan fingerprint density at radius 3 is 2.52 bits per heavy atom. The number of carbonyl (C=O) groups is 2. The van der Waals surface area contributed by atoms with Crippen molar-refractivity contribution in [3.05, 3.63) is 59.2 Å². The van der Waals surface area contributed by atoms with Crippen LogP contribution in [0.5, 0.6) is 0 Å². The first-order chi connectivity index (χ1) is 11.8. The maximum absolute atomic E-state index is 12.7. The minimum absolute atomic E-state index is 0.0522. The molecule has 25 heavy (non-hydrogen) atoms. The fraction of sp³-hybridized carbons (Fsp3) is 0.333. The van der Waals surface area contributed by atoms with Crippen molar-refractivity contribution in [1.82, 2.24) is 5.32 Å². The smallest absolute Gasteiger partial charge is 0.404 e. The summed E-state index contributed by atoms with van der Waals surface area (Å²) in [7, 11) is 0. The monoisotopic (exact) mass is 337 g/mol. The summed E-state index contributed by atoms with van der Waals surface area (Å²) in [5.74, 6) is 5.57. The molecule has 1 amide bonds. The number of nitrogens with one attached hydrogen (secondary N) is 1. The summed E-state index contributed by atoms with van der Waals surface area (Å²) in [5, 5.41) is 11.0. The zero-order valence-corrected chi connectivity index (χ0v) is 14.8. The number of rotatable bonds is 3. The molecule has 0 saturated heterocycles. The lowest BCUT2D eigenvalue weighted by molar-refractivity contribution is -0.116.